The van der Waals surface area contributed by atoms with Gasteiger partial charge in [0.25, 0.3) is 0 Å². The van der Waals surface area contributed by atoms with Crippen LogP contribution in [0.4, 0.5) is 4.79 Å². The summed E-state index contributed by atoms with van der Waals surface area (Å²) in [5, 5.41) is 2.54. The van der Waals surface area contributed by atoms with E-state index in [1.807, 2.05) is 24.3 Å². The van der Waals surface area contributed by atoms with E-state index in [1.165, 1.54) is 7.11 Å². The molecule has 1 unspecified atom stereocenters. The minimum Gasteiger partial charge on any atom is -0.585 e. The summed E-state index contributed by atoms with van der Waals surface area (Å²) in [5.41, 5.74) is 7.59. The topological polar surface area (TPSA) is 110 Å². The van der Waals surface area contributed by atoms with E-state index in [9.17, 15) is 14.4 Å². The fourth-order valence-electron chi connectivity index (χ4n) is 2.72. The number of amides is 2. The second-order valence-electron chi connectivity index (χ2n) is 6.25. The zero-order valence-electron chi connectivity index (χ0n) is 16.2. The summed E-state index contributed by atoms with van der Waals surface area (Å²) in [6.45, 7) is 0. The van der Waals surface area contributed by atoms with Gasteiger partial charge in [-0.2, -0.15) is 0 Å². The molecule has 1 aliphatic rings. The van der Waals surface area contributed by atoms with E-state index in [1.54, 1.807) is 24.3 Å². The van der Waals surface area contributed by atoms with Crippen LogP contribution in [0.1, 0.15) is 11.1 Å². The third-order valence-electron chi connectivity index (χ3n) is 4.18. The van der Waals surface area contributed by atoms with Crippen LogP contribution in [0, 0.1) is 0 Å². The number of benzene rings is 2. The molecule has 1 fully saturated rings. The van der Waals surface area contributed by atoms with Crippen molar-refractivity contribution >= 4 is 28.9 Å². The molecule has 0 aromatic heterocycles. The zero-order valence-corrected chi connectivity index (χ0v) is 20.1. The Hall–Kier alpha value is -1.20. The number of ether oxygens (including phenoxy) is 2. The van der Waals surface area contributed by atoms with Crippen LogP contribution in [0.5, 0.6) is 11.5 Å². The van der Waals surface area contributed by atoms with Gasteiger partial charge in [-0.1, -0.05) is 36.0 Å². The molecule has 1 heterocycles. The maximum absolute atomic E-state index is 11.6. The molecule has 0 bridgehead atoms. The minimum atomic E-state index is -0.697. The van der Waals surface area contributed by atoms with Gasteiger partial charge in [0.05, 0.1) is 18.3 Å². The van der Waals surface area contributed by atoms with Crippen molar-refractivity contribution in [3.8, 4) is 11.5 Å². The maximum Gasteiger partial charge on any atom is 1.00 e. The molecule has 2 aromatic carbocycles. The van der Waals surface area contributed by atoms with E-state index in [-0.39, 0.29) is 57.3 Å². The van der Waals surface area contributed by atoms with E-state index in [4.69, 9.17) is 10.5 Å². The fourth-order valence-corrected chi connectivity index (χ4v) is 3.53. The standard InChI is InChI=1S/C20H20N2O5S.K/c1-26-19(24)16(21)10-12-2-6-14(7-3-12)27-15-8-4-13(5-9-15)11-17-18(23)22-20(25)28-17;/h2-9,16-17H,10-11,21H2,1H3,(H,22,23,25);/q;+1/p-1/t16-,17?;/m0./s1. The van der Waals surface area contributed by atoms with Gasteiger partial charge in [0, 0.05) is 0 Å². The molecule has 0 radical (unpaired) electrons. The van der Waals surface area contributed by atoms with Crippen molar-refractivity contribution in [2.24, 2.45) is 5.73 Å². The number of carbonyl (C=O) groups is 3. The van der Waals surface area contributed by atoms with E-state index < -0.39 is 22.5 Å². The summed E-state index contributed by atoms with van der Waals surface area (Å²) in [5.74, 6) is 0.474. The number of hydrogen-bond donors (Lipinski definition) is 1. The first kappa shape index (κ1) is 24.1. The average Bonchev–Trinajstić information content (AvgIpc) is 3.01. The van der Waals surface area contributed by atoms with Gasteiger partial charge in [0.1, 0.15) is 22.8 Å². The molecule has 29 heavy (non-hydrogen) atoms. The predicted octanol–water partition coefficient (Wildman–Crippen LogP) is 0.204. The first-order valence-electron chi connectivity index (χ1n) is 8.60. The van der Waals surface area contributed by atoms with E-state index >= 15 is 0 Å². The molecule has 9 heteroatoms. The van der Waals surface area contributed by atoms with E-state index in [0.29, 0.717) is 24.3 Å². The van der Waals surface area contributed by atoms with Gasteiger partial charge in [-0.05, 0) is 48.2 Å². The summed E-state index contributed by atoms with van der Waals surface area (Å²) < 4.78 is 10.4. The number of hydrogen-bond acceptors (Lipinski definition) is 7. The molecule has 2 aromatic rings. The molecule has 2 atom stereocenters. The second kappa shape index (κ2) is 11.3. The zero-order chi connectivity index (χ0) is 20.1. The third-order valence-corrected chi connectivity index (χ3v) is 5.13. The summed E-state index contributed by atoms with van der Waals surface area (Å²) >= 11 is 0.960. The Bertz CT molecular complexity index is 873. The molecule has 7 nitrogen and oxygen atoms in total. The molecule has 1 aliphatic heterocycles. The molecule has 0 aliphatic carbocycles. The predicted molar refractivity (Wildman–Crippen MR) is 105 cm³/mol. The van der Waals surface area contributed by atoms with E-state index in [0.717, 1.165) is 22.9 Å². The number of nitrogens with zero attached hydrogens (tertiary/aromatic N) is 1. The molecule has 1 saturated heterocycles. The van der Waals surface area contributed by atoms with Crippen LogP contribution < -0.4 is 61.9 Å². The van der Waals surface area contributed by atoms with Crippen molar-refractivity contribution < 1.29 is 75.2 Å². The van der Waals surface area contributed by atoms with E-state index in [2.05, 4.69) is 10.1 Å². The van der Waals surface area contributed by atoms with Gasteiger partial charge in [0.15, 0.2) is 0 Å². The Labute approximate surface area is 215 Å². The van der Waals surface area contributed by atoms with Crippen LogP contribution in [-0.2, 0) is 27.2 Å². The molecule has 0 saturated carbocycles. The van der Waals surface area contributed by atoms with Crippen molar-refractivity contribution in [1.29, 1.82) is 0 Å². The smallest absolute Gasteiger partial charge is 0.585 e. The normalized spacial score (nSPS) is 16.6. The van der Waals surface area contributed by atoms with Crippen molar-refractivity contribution in [2.75, 3.05) is 7.11 Å². The first-order chi connectivity index (χ1) is 13.4. The first-order valence-corrected chi connectivity index (χ1v) is 9.48. The number of esters is 1. The van der Waals surface area contributed by atoms with Crippen LogP contribution in [0.15, 0.2) is 48.5 Å². The minimum absolute atomic E-state index is 0. The maximum atomic E-state index is 11.6. The summed E-state index contributed by atoms with van der Waals surface area (Å²) in [6, 6.07) is 13.9. The second-order valence-corrected chi connectivity index (χ2v) is 7.40. The molecule has 2 amide bonds. The van der Waals surface area contributed by atoms with Gasteiger partial charge in [-0.25, -0.2) is 0 Å². The molecule has 0 spiro atoms. The fraction of sp³-hybridized carbons (Fsp3) is 0.250. The molecular weight excluding hydrogens is 419 g/mol. The summed E-state index contributed by atoms with van der Waals surface area (Å²) in [6.07, 6.45) is 0.836. The monoisotopic (exact) mass is 438 g/mol. The van der Waals surface area contributed by atoms with Crippen molar-refractivity contribution in [3.63, 3.8) is 0 Å². The van der Waals surface area contributed by atoms with Gasteiger partial charge >= 0.3 is 57.4 Å². The summed E-state index contributed by atoms with van der Waals surface area (Å²) in [7, 11) is 1.31. The Balaban J connectivity index is 0.00000300. The largest absolute Gasteiger partial charge is 1.00 e. The number of rotatable bonds is 7. The molecular formula is C20H19KN2O5S. The number of methoxy groups -OCH3 is 1. The Kier molecular flexibility index (Phi) is 9.34. The van der Waals surface area contributed by atoms with Crippen LogP contribution in [0.25, 0.3) is 5.32 Å². The van der Waals surface area contributed by atoms with Crippen molar-refractivity contribution in [2.45, 2.75) is 24.1 Å². The van der Waals surface area contributed by atoms with Gasteiger partial charge in [-0.3, -0.25) is 4.79 Å². The van der Waals surface area contributed by atoms with Crippen molar-refractivity contribution in [1.82, 2.24) is 0 Å². The molecule has 2 N–H and O–H groups in total. The summed E-state index contributed by atoms with van der Waals surface area (Å²) in [4.78, 5) is 34.1. The van der Waals surface area contributed by atoms with Crippen LogP contribution in [0.2, 0.25) is 0 Å². The van der Waals surface area contributed by atoms with Crippen LogP contribution in [-0.4, -0.2) is 35.5 Å². The average molecular weight is 439 g/mol. The SMILES string of the molecule is COC(=O)[C@@H](N)Cc1ccc(Oc2ccc(CC3SC(=O)[N-]C3=O)cc2)cc1.[K+]. The van der Waals surface area contributed by atoms with Crippen LogP contribution >= 0.6 is 11.8 Å². The molecule has 146 valence electrons. The quantitative estimate of drug-likeness (QED) is 0.486. The number of imide groups is 1. The Morgan fingerprint density at radius 2 is 1.62 bits per heavy atom. The Morgan fingerprint density at radius 3 is 2.10 bits per heavy atom. The van der Waals surface area contributed by atoms with Gasteiger partial charge < -0.3 is 30.1 Å². The number of nitrogens with two attached hydrogens (primary N) is 1. The third kappa shape index (κ3) is 6.92. The van der Waals surface area contributed by atoms with Crippen LogP contribution in [0.3, 0.4) is 0 Å². The Morgan fingerprint density at radius 1 is 1.07 bits per heavy atom. The number of carbonyl (C=O) groups excluding carboxylic acids is 3. The van der Waals surface area contributed by atoms with Crippen molar-refractivity contribution in [3.05, 3.63) is 65.0 Å². The van der Waals surface area contributed by atoms with Gasteiger partial charge in [-0.15, -0.1) is 0 Å². The number of thioether (sulfide) groups is 1. The molecule has 3 rings (SSSR count). The van der Waals surface area contributed by atoms with Gasteiger partial charge in [0.2, 0.25) is 0 Å².